The number of hydrogen-bond acceptors (Lipinski definition) is 4. The van der Waals surface area contributed by atoms with Gasteiger partial charge in [-0.25, -0.2) is 9.97 Å². The molecule has 2 unspecified atom stereocenters. The summed E-state index contributed by atoms with van der Waals surface area (Å²) in [6.45, 7) is 3.92. The van der Waals surface area contributed by atoms with E-state index in [0.29, 0.717) is 19.0 Å². The van der Waals surface area contributed by atoms with Crippen molar-refractivity contribution in [1.82, 2.24) is 14.9 Å². The number of alkyl halides is 3. The molecule has 5 nitrogen and oxygen atoms in total. The van der Waals surface area contributed by atoms with E-state index in [-0.39, 0.29) is 11.9 Å². The number of carbonyl (C=O) groups excluding carboxylic acids is 1. The Morgan fingerprint density at radius 1 is 1.29 bits per heavy atom. The van der Waals surface area contributed by atoms with E-state index in [1.54, 1.807) is 4.90 Å². The summed E-state index contributed by atoms with van der Waals surface area (Å²) in [6.07, 6.45) is -2.48. The van der Waals surface area contributed by atoms with Crippen LogP contribution in [0.25, 0.3) is 0 Å². The second-order valence-electron chi connectivity index (χ2n) is 6.57. The summed E-state index contributed by atoms with van der Waals surface area (Å²) in [5.41, 5.74) is 0.867. The van der Waals surface area contributed by atoms with Crippen molar-refractivity contribution in [2.24, 2.45) is 5.92 Å². The summed E-state index contributed by atoms with van der Waals surface area (Å²) < 4.78 is 37.1. The smallest absolute Gasteiger partial charge is 0.354 e. The monoisotopic (exact) mass is 342 g/mol. The fourth-order valence-corrected chi connectivity index (χ4v) is 3.66. The molecule has 0 bridgehead atoms. The van der Waals surface area contributed by atoms with Gasteiger partial charge in [-0.05, 0) is 25.7 Å². The molecule has 0 aliphatic carbocycles. The second kappa shape index (κ2) is 6.57. The molecule has 2 fully saturated rings. The van der Waals surface area contributed by atoms with Gasteiger partial charge in [-0.1, -0.05) is 0 Å². The Kier molecular flexibility index (Phi) is 4.64. The molecular weight excluding hydrogens is 321 g/mol. The SMILES string of the molecule is Cc1cc(N2CCC3CCN(C(=O)CCC(F)(F)F)C3C2)ncn1. The number of aromatic nitrogens is 2. The quantitative estimate of drug-likeness (QED) is 0.847. The highest BCUT2D eigenvalue weighted by Gasteiger charge is 2.41. The Morgan fingerprint density at radius 3 is 2.75 bits per heavy atom. The van der Waals surface area contributed by atoms with Gasteiger partial charge in [0.25, 0.3) is 0 Å². The summed E-state index contributed by atoms with van der Waals surface area (Å²) in [4.78, 5) is 24.3. The molecule has 24 heavy (non-hydrogen) atoms. The van der Waals surface area contributed by atoms with Crippen LogP contribution in [0.1, 0.15) is 31.4 Å². The van der Waals surface area contributed by atoms with Gasteiger partial charge < -0.3 is 9.80 Å². The lowest BCUT2D eigenvalue weighted by molar-refractivity contribution is -0.149. The van der Waals surface area contributed by atoms with Crippen LogP contribution in [-0.2, 0) is 4.79 Å². The molecule has 1 aromatic heterocycles. The molecule has 0 aromatic carbocycles. The van der Waals surface area contributed by atoms with Gasteiger partial charge in [-0.3, -0.25) is 4.79 Å². The van der Waals surface area contributed by atoms with Gasteiger partial charge in [0.1, 0.15) is 12.1 Å². The Morgan fingerprint density at radius 2 is 2.04 bits per heavy atom. The van der Waals surface area contributed by atoms with E-state index >= 15 is 0 Å². The first-order valence-electron chi connectivity index (χ1n) is 8.23. The highest BCUT2D eigenvalue weighted by molar-refractivity contribution is 5.77. The maximum Gasteiger partial charge on any atom is 0.389 e. The van der Waals surface area contributed by atoms with E-state index in [2.05, 4.69) is 14.9 Å². The van der Waals surface area contributed by atoms with Crippen molar-refractivity contribution >= 4 is 11.7 Å². The molecule has 2 aliphatic rings. The molecule has 0 N–H and O–H groups in total. The zero-order chi connectivity index (χ0) is 17.3. The third-order valence-electron chi connectivity index (χ3n) is 4.92. The van der Waals surface area contributed by atoms with Crippen LogP contribution in [0.5, 0.6) is 0 Å². The molecular formula is C16H21F3N4O. The van der Waals surface area contributed by atoms with E-state index < -0.39 is 19.0 Å². The van der Waals surface area contributed by atoms with Crippen LogP contribution >= 0.6 is 0 Å². The van der Waals surface area contributed by atoms with Crippen molar-refractivity contribution < 1.29 is 18.0 Å². The van der Waals surface area contributed by atoms with Crippen LogP contribution in [-0.4, -0.2) is 52.6 Å². The Balaban J connectivity index is 1.66. The highest BCUT2D eigenvalue weighted by atomic mass is 19.4. The molecule has 3 rings (SSSR count). The minimum Gasteiger partial charge on any atom is -0.354 e. The Labute approximate surface area is 138 Å². The average molecular weight is 342 g/mol. The minimum atomic E-state index is -4.29. The topological polar surface area (TPSA) is 49.3 Å². The van der Waals surface area contributed by atoms with Gasteiger partial charge in [0.15, 0.2) is 0 Å². The number of hydrogen-bond donors (Lipinski definition) is 0. The van der Waals surface area contributed by atoms with Gasteiger partial charge in [0.05, 0.1) is 12.5 Å². The predicted molar refractivity (Wildman–Crippen MR) is 82.5 cm³/mol. The van der Waals surface area contributed by atoms with Crippen molar-refractivity contribution in [2.75, 3.05) is 24.5 Å². The molecule has 8 heteroatoms. The zero-order valence-corrected chi connectivity index (χ0v) is 13.6. The molecule has 132 valence electrons. The standard InChI is InChI=1S/C16H21F3N4O/c1-11-8-14(21-10-20-11)22-6-3-12-4-7-23(13(12)9-22)15(24)2-5-16(17,18)19/h8,10,12-13H,2-7,9H2,1H3. The first-order valence-corrected chi connectivity index (χ1v) is 8.23. The number of piperidine rings is 1. The van der Waals surface area contributed by atoms with Crippen molar-refractivity contribution in [3.8, 4) is 0 Å². The minimum absolute atomic E-state index is 0.0187. The number of amides is 1. The zero-order valence-electron chi connectivity index (χ0n) is 13.6. The van der Waals surface area contributed by atoms with Crippen LogP contribution in [0.4, 0.5) is 19.0 Å². The number of nitrogens with zero attached hydrogens (tertiary/aromatic N) is 4. The lowest BCUT2D eigenvalue weighted by Gasteiger charge is -2.39. The summed E-state index contributed by atoms with van der Waals surface area (Å²) in [6, 6.07) is 1.88. The maximum atomic E-state index is 12.4. The number of aryl methyl sites for hydroxylation is 1. The molecule has 2 atom stereocenters. The van der Waals surface area contributed by atoms with Gasteiger partial charge in [0.2, 0.25) is 5.91 Å². The summed E-state index contributed by atoms with van der Waals surface area (Å²) in [7, 11) is 0. The molecule has 0 saturated carbocycles. The lowest BCUT2D eigenvalue weighted by atomic mass is 9.92. The first kappa shape index (κ1) is 17.0. The fourth-order valence-electron chi connectivity index (χ4n) is 3.66. The normalized spacial score (nSPS) is 24.2. The highest BCUT2D eigenvalue weighted by Crippen LogP contribution is 2.34. The van der Waals surface area contributed by atoms with E-state index in [0.717, 1.165) is 30.9 Å². The van der Waals surface area contributed by atoms with Crippen molar-refractivity contribution in [2.45, 2.75) is 44.8 Å². The van der Waals surface area contributed by atoms with Crippen LogP contribution in [0, 0.1) is 12.8 Å². The molecule has 0 spiro atoms. The van der Waals surface area contributed by atoms with E-state index in [1.807, 2.05) is 13.0 Å². The van der Waals surface area contributed by atoms with Crippen LogP contribution in [0.15, 0.2) is 12.4 Å². The molecule has 2 saturated heterocycles. The van der Waals surface area contributed by atoms with Crippen LogP contribution in [0.3, 0.4) is 0 Å². The molecule has 1 aromatic rings. The summed E-state index contributed by atoms with van der Waals surface area (Å²) >= 11 is 0. The van der Waals surface area contributed by atoms with E-state index in [4.69, 9.17) is 0 Å². The van der Waals surface area contributed by atoms with Crippen LogP contribution in [0.2, 0.25) is 0 Å². The van der Waals surface area contributed by atoms with Crippen molar-refractivity contribution in [3.63, 3.8) is 0 Å². The lowest BCUT2D eigenvalue weighted by Crippen LogP contribution is -2.50. The van der Waals surface area contributed by atoms with Crippen LogP contribution < -0.4 is 4.90 Å². The molecule has 3 heterocycles. The second-order valence-corrected chi connectivity index (χ2v) is 6.57. The number of carbonyl (C=O) groups is 1. The van der Waals surface area contributed by atoms with Crippen molar-refractivity contribution in [3.05, 3.63) is 18.1 Å². The molecule has 0 radical (unpaired) electrons. The number of halogens is 3. The number of likely N-dealkylation sites (tertiary alicyclic amines) is 1. The number of rotatable bonds is 3. The Bertz CT molecular complexity index is 607. The maximum absolute atomic E-state index is 12.4. The fraction of sp³-hybridized carbons (Fsp3) is 0.688. The predicted octanol–water partition coefficient (Wildman–Crippen LogP) is 2.55. The molecule has 1 amide bonds. The number of fused-ring (bicyclic) bond motifs is 1. The Hall–Kier alpha value is -1.86. The van der Waals surface area contributed by atoms with Gasteiger partial charge in [0, 0.05) is 37.8 Å². The largest absolute Gasteiger partial charge is 0.389 e. The summed E-state index contributed by atoms with van der Waals surface area (Å²) in [5, 5.41) is 0. The van der Waals surface area contributed by atoms with Gasteiger partial charge >= 0.3 is 6.18 Å². The third-order valence-corrected chi connectivity index (χ3v) is 4.92. The summed E-state index contributed by atoms with van der Waals surface area (Å²) in [5.74, 6) is 0.801. The number of anilines is 1. The van der Waals surface area contributed by atoms with E-state index in [1.165, 1.54) is 6.33 Å². The van der Waals surface area contributed by atoms with E-state index in [9.17, 15) is 18.0 Å². The third kappa shape index (κ3) is 3.79. The first-order chi connectivity index (χ1) is 11.3. The average Bonchev–Trinajstić information content (AvgIpc) is 2.95. The van der Waals surface area contributed by atoms with Gasteiger partial charge in [-0.2, -0.15) is 13.2 Å². The molecule has 2 aliphatic heterocycles. The van der Waals surface area contributed by atoms with Crippen molar-refractivity contribution in [1.29, 1.82) is 0 Å². The van der Waals surface area contributed by atoms with Gasteiger partial charge in [-0.15, -0.1) is 0 Å².